The minimum absolute atomic E-state index is 0.717. The van der Waals surface area contributed by atoms with Crippen molar-refractivity contribution in [1.29, 1.82) is 0 Å². The minimum Gasteiger partial charge on any atom is -0.378 e. The van der Waals surface area contributed by atoms with Crippen LogP contribution >= 0.6 is 0 Å². The number of hydrogen-bond donors (Lipinski definition) is 0. The van der Waals surface area contributed by atoms with Crippen molar-refractivity contribution in [1.82, 2.24) is 4.57 Å². The molecule has 4 nitrogen and oxygen atoms in total. The van der Waals surface area contributed by atoms with Crippen LogP contribution in [-0.2, 0) is 11.3 Å². The Hall–Kier alpha value is -2.33. The van der Waals surface area contributed by atoms with Crippen LogP contribution in [0.1, 0.15) is 23.7 Å². The second kappa shape index (κ2) is 6.29. The van der Waals surface area contributed by atoms with E-state index in [4.69, 9.17) is 4.74 Å². The van der Waals surface area contributed by atoms with Gasteiger partial charge < -0.3 is 14.2 Å². The number of ether oxygens (including phenoxy) is 1. The fourth-order valence-electron chi connectivity index (χ4n) is 3.81. The molecule has 2 aromatic carbocycles. The van der Waals surface area contributed by atoms with Gasteiger partial charge in [-0.3, -0.25) is 4.79 Å². The number of benzene rings is 2. The Morgan fingerprint density at radius 3 is 2.62 bits per heavy atom. The Labute approximate surface area is 141 Å². The molecule has 1 saturated heterocycles. The largest absolute Gasteiger partial charge is 0.378 e. The van der Waals surface area contributed by atoms with E-state index in [2.05, 4.69) is 52.8 Å². The van der Waals surface area contributed by atoms with Crippen LogP contribution in [0.4, 0.5) is 5.69 Å². The number of fused-ring (bicyclic) bond motifs is 3. The zero-order valence-electron chi connectivity index (χ0n) is 14.0. The van der Waals surface area contributed by atoms with Gasteiger partial charge in [0.1, 0.15) is 0 Å². The van der Waals surface area contributed by atoms with Gasteiger partial charge in [0.25, 0.3) is 0 Å². The van der Waals surface area contributed by atoms with Gasteiger partial charge in [-0.2, -0.15) is 0 Å². The summed E-state index contributed by atoms with van der Waals surface area (Å²) in [7, 11) is 0. The van der Waals surface area contributed by atoms with Crippen molar-refractivity contribution >= 4 is 33.8 Å². The van der Waals surface area contributed by atoms with Gasteiger partial charge in [0, 0.05) is 41.6 Å². The molecule has 1 aromatic heterocycles. The van der Waals surface area contributed by atoms with Crippen LogP contribution in [0.3, 0.4) is 0 Å². The first-order chi connectivity index (χ1) is 11.8. The summed E-state index contributed by atoms with van der Waals surface area (Å²) < 4.78 is 7.76. The predicted octanol–water partition coefficient (Wildman–Crippen LogP) is 3.85. The summed E-state index contributed by atoms with van der Waals surface area (Å²) in [5, 5.41) is 2.38. The average molecular weight is 322 g/mol. The number of anilines is 1. The van der Waals surface area contributed by atoms with Gasteiger partial charge >= 0.3 is 0 Å². The molecule has 1 aliphatic rings. The zero-order chi connectivity index (χ0) is 16.5. The maximum atomic E-state index is 12.0. The smallest absolute Gasteiger partial charge is 0.154 e. The fourth-order valence-corrected chi connectivity index (χ4v) is 3.81. The van der Waals surface area contributed by atoms with E-state index in [1.165, 1.54) is 10.9 Å². The van der Waals surface area contributed by atoms with E-state index in [9.17, 15) is 4.79 Å². The number of carbonyl (C=O) groups excluding carboxylic acids is 1. The zero-order valence-corrected chi connectivity index (χ0v) is 14.0. The van der Waals surface area contributed by atoms with E-state index in [-0.39, 0.29) is 0 Å². The van der Waals surface area contributed by atoms with Crippen molar-refractivity contribution in [3.05, 3.63) is 42.0 Å². The molecule has 0 radical (unpaired) electrons. The lowest BCUT2D eigenvalue weighted by atomic mass is 10.1. The lowest BCUT2D eigenvalue weighted by molar-refractivity contribution is 0.112. The van der Waals surface area contributed by atoms with Gasteiger partial charge in [0.15, 0.2) is 6.29 Å². The van der Waals surface area contributed by atoms with Crippen molar-refractivity contribution in [2.24, 2.45) is 0 Å². The summed E-state index contributed by atoms with van der Waals surface area (Å²) in [6.45, 7) is 6.19. The predicted molar refractivity (Wildman–Crippen MR) is 98.2 cm³/mol. The van der Waals surface area contributed by atoms with Crippen LogP contribution < -0.4 is 4.90 Å². The third-order valence-corrected chi connectivity index (χ3v) is 4.87. The minimum atomic E-state index is 0.717. The number of nitrogens with zero attached hydrogens (tertiary/aromatic N) is 2. The van der Waals surface area contributed by atoms with Crippen molar-refractivity contribution in [3.8, 4) is 0 Å². The highest BCUT2D eigenvalue weighted by Crippen LogP contribution is 2.35. The molecule has 1 fully saturated rings. The van der Waals surface area contributed by atoms with Crippen LogP contribution in [-0.4, -0.2) is 37.2 Å². The molecule has 2 heterocycles. The van der Waals surface area contributed by atoms with Crippen LogP contribution in [0.25, 0.3) is 21.8 Å². The first-order valence-corrected chi connectivity index (χ1v) is 8.67. The molecule has 0 bridgehead atoms. The number of morpholine rings is 1. The maximum Gasteiger partial charge on any atom is 0.154 e. The molecule has 0 N–H and O–H groups in total. The molecule has 0 unspecified atom stereocenters. The van der Waals surface area contributed by atoms with Crippen LogP contribution in [0.2, 0.25) is 0 Å². The lowest BCUT2D eigenvalue weighted by Gasteiger charge is -2.30. The molecular formula is C20H22N2O2. The van der Waals surface area contributed by atoms with E-state index in [0.29, 0.717) is 13.2 Å². The Morgan fingerprint density at radius 2 is 1.88 bits per heavy atom. The van der Waals surface area contributed by atoms with E-state index in [0.717, 1.165) is 54.5 Å². The standard InChI is InChI=1S/C20H22N2O2/c1-2-9-22-19-6-4-3-5-15(19)16-7-8-18(17(14-23)20(16)22)21-10-12-24-13-11-21/h3-8,14H,2,9-13H2,1H3. The Morgan fingerprint density at radius 1 is 1.08 bits per heavy atom. The van der Waals surface area contributed by atoms with Gasteiger partial charge in [0.2, 0.25) is 0 Å². The van der Waals surface area contributed by atoms with Crippen molar-refractivity contribution < 1.29 is 9.53 Å². The highest BCUT2D eigenvalue weighted by atomic mass is 16.5. The molecule has 0 spiro atoms. The molecule has 0 amide bonds. The number of hydrogen-bond acceptors (Lipinski definition) is 3. The monoisotopic (exact) mass is 322 g/mol. The second-order valence-electron chi connectivity index (χ2n) is 6.28. The third kappa shape index (κ3) is 2.29. The van der Waals surface area contributed by atoms with E-state index >= 15 is 0 Å². The number of rotatable bonds is 4. The molecule has 0 saturated carbocycles. The van der Waals surface area contributed by atoms with Gasteiger partial charge in [-0.1, -0.05) is 31.2 Å². The maximum absolute atomic E-state index is 12.0. The lowest BCUT2D eigenvalue weighted by Crippen LogP contribution is -2.36. The summed E-state index contributed by atoms with van der Waals surface area (Å²) in [6.07, 6.45) is 2.06. The summed E-state index contributed by atoms with van der Waals surface area (Å²) in [6, 6.07) is 12.7. The second-order valence-corrected chi connectivity index (χ2v) is 6.28. The number of carbonyl (C=O) groups is 1. The molecule has 24 heavy (non-hydrogen) atoms. The molecule has 0 atom stereocenters. The first-order valence-electron chi connectivity index (χ1n) is 8.67. The average Bonchev–Trinajstić information content (AvgIpc) is 2.96. The molecule has 1 aliphatic heterocycles. The van der Waals surface area contributed by atoms with Gasteiger partial charge in [0.05, 0.1) is 24.3 Å². The van der Waals surface area contributed by atoms with Crippen molar-refractivity contribution in [2.45, 2.75) is 19.9 Å². The van der Waals surface area contributed by atoms with Gasteiger partial charge in [-0.05, 0) is 18.6 Å². The van der Waals surface area contributed by atoms with Crippen LogP contribution in [0, 0.1) is 0 Å². The SMILES string of the molecule is CCCn1c2ccccc2c2ccc(N3CCOCC3)c(C=O)c21. The van der Waals surface area contributed by atoms with Gasteiger partial charge in [-0.25, -0.2) is 0 Å². The molecule has 124 valence electrons. The number of aldehydes is 1. The third-order valence-electron chi connectivity index (χ3n) is 4.87. The Bertz CT molecular complexity index is 891. The van der Waals surface area contributed by atoms with Gasteiger partial charge in [-0.15, -0.1) is 0 Å². The van der Waals surface area contributed by atoms with E-state index < -0.39 is 0 Å². The van der Waals surface area contributed by atoms with Crippen molar-refractivity contribution in [3.63, 3.8) is 0 Å². The van der Waals surface area contributed by atoms with Crippen molar-refractivity contribution in [2.75, 3.05) is 31.2 Å². The summed E-state index contributed by atoms with van der Waals surface area (Å²) in [4.78, 5) is 14.3. The molecular weight excluding hydrogens is 300 g/mol. The molecule has 4 rings (SSSR count). The van der Waals surface area contributed by atoms with Crippen LogP contribution in [0.5, 0.6) is 0 Å². The quantitative estimate of drug-likeness (QED) is 0.684. The van der Waals surface area contributed by atoms with Crippen LogP contribution in [0.15, 0.2) is 36.4 Å². The summed E-state index contributed by atoms with van der Waals surface area (Å²) >= 11 is 0. The highest BCUT2D eigenvalue weighted by Gasteiger charge is 2.20. The van der Waals surface area contributed by atoms with E-state index in [1.807, 2.05) is 0 Å². The Kier molecular flexibility index (Phi) is 3.98. The topological polar surface area (TPSA) is 34.5 Å². The number of para-hydroxylation sites is 1. The summed E-state index contributed by atoms with van der Waals surface area (Å²) in [5.74, 6) is 0. The highest BCUT2D eigenvalue weighted by molar-refractivity contribution is 6.14. The molecule has 4 heteroatoms. The summed E-state index contributed by atoms with van der Waals surface area (Å²) in [5.41, 5.74) is 4.11. The normalized spacial score (nSPS) is 15.3. The first kappa shape index (κ1) is 15.2. The van der Waals surface area contributed by atoms with E-state index in [1.54, 1.807) is 0 Å². The fraction of sp³-hybridized carbons (Fsp3) is 0.350. The molecule has 3 aromatic rings. The number of aromatic nitrogens is 1. The molecule has 0 aliphatic carbocycles. The Balaban J connectivity index is 2.02. The number of aryl methyl sites for hydroxylation is 1.